The molecule has 0 aliphatic carbocycles. The molecule has 2 aromatic rings. The third kappa shape index (κ3) is 3.22. The minimum absolute atomic E-state index is 0.375. The van der Waals surface area contributed by atoms with Gasteiger partial charge in [-0.2, -0.15) is 5.26 Å². The second-order valence-corrected chi connectivity index (χ2v) is 4.29. The Morgan fingerprint density at radius 3 is 2.50 bits per heavy atom. The van der Waals surface area contributed by atoms with E-state index in [2.05, 4.69) is 11.4 Å². The summed E-state index contributed by atoms with van der Waals surface area (Å²) < 4.78 is 0. The third-order valence-electron chi connectivity index (χ3n) is 2.95. The summed E-state index contributed by atoms with van der Waals surface area (Å²) in [6, 6.07) is 17.2. The Hall–Kier alpha value is -2.64. The van der Waals surface area contributed by atoms with Crippen LogP contribution in [-0.2, 0) is 11.3 Å². The van der Waals surface area contributed by atoms with Crippen molar-refractivity contribution in [1.82, 2.24) is 5.32 Å². The number of aliphatic hydroxyl groups is 1. The molecule has 0 aromatic heterocycles. The van der Waals surface area contributed by atoms with Crippen molar-refractivity contribution in [2.45, 2.75) is 6.54 Å². The normalized spacial score (nSPS) is 9.80. The first-order valence-electron chi connectivity index (χ1n) is 6.20. The van der Waals surface area contributed by atoms with E-state index in [1.165, 1.54) is 0 Å². The quantitative estimate of drug-likeness (QED) is 0.886. The summed E-state index contributed by atoms with van der Waals surface area (Å²) in [5.41, 5.74) is 3.42. The van der Waals surface area contributed by atoms with Crippen LogP contribution in [0.4, 0.5) is 0 Å². The first-order valence-corrected chi connectivity index (χ1v) is 6.20. The molecule has 2 aromatic carbocycles. The van der Waals surface area contributed by atoms with E-state index in [1.807, 2.05) is 42.5 Å². The zero-order chi connectivity index (χ0) is 14.4. The van der Waals surface area contributed by atoms with Crippen LogP contribution >= 0.6 is 0 Å². The van der Waals surface area contributed by atoms with Gasteiger partial charge >= 0.3 is 0 Å². The second-order valence-electron chi connectivity index (χ2n) is 4.29. The molecule has 4 heteroatoms. The van der Waals surface area contributed by atoms with Gasteiger partial charge in [0.1, 0.15) is 6.61 Å². The maximum Gasteiger partial charge on any atom is 0.245 e. The lowest BCUT2D eigenvalue weighted by atomic mass is 9.99. The van der Waals surface area contributed by atoms with Crippen LogP contribution in [0.25, 0.3) is 11.1 Å². The number of rotatable bonds is 4. The maximum atomic E-state index is 11.0. The van der Waals surface area contributed by atoms with Crippen molar-refractivity contribution in [3.63, 3.8) is 0 Å². The number of carbonyl (C=O) groups is 1. The summed E-state index contributed by atoms with van der Waals surface area (Å²) in [7, 11) is 0. The van der Waals surface area contributed by atoms with Gasteiger partial charge in [-0.15, -0.1) is 0 Å². The molecule has 0 aliphatic heterocycles. The van der Waals surface area contributed by atoms with Gasteiger partial charge in [-0.05, 0) is 22.8 Å². The van der Waals surface area contributed by atoms with Crippen LogP contribution in [0.3, 0.4) is 0 Å². The number of nitrogens with one attached hydrogen (secondary N) is 1. The molecule has 20 heavy (non-hydrogen) atoms. The molecule has 0 bridgehead atoms. The van der Waals surface area contributed by atoms with Gasteiger partial charge in [0.15, 0.2) is 0 Å². The number of hydrogen-bond acceptors (Lipinski definition) is 3. The molecule has 0 saturated heterocycles. The number of amides is 1. The number of benzene rings is 2. The highest BCUT2D eigenvalue weighted by molar-refractivity contribution is 5.77. The maximum absolute atomic E-state index is 11.0. The standard InChI is InChI=1S/C16H14N2O2/c17-9-14-3-1-2-4-15(14)13-7-5-12(6-8-13)10-18-16(20)11-19/h1-8,19H,10-11H2,(H,18,20). The van der Waals surface area contributed by atoms with Crippen LogP contribution in [0.5, 0.6) is 0 Å². The van der Waals surface area contributed by atoms with Gasteiger partial charge in [0, 0.05) is 6.54 Å². The van der Waals surface area contributed by atoms with Crippen molar-refractivity contribution in [2.24, 2.45) is 0 Å². The number of aliphatic hydroxyl groups excluding tert-OH is 1. The van der Waals surface area contributed by atoms with E-state index in [0.717, 1.165) is 16.7 Å². The lowest BCUT2D eigenvalue weighted by Crippen LogP contribution is -2.25. The van der Waals surface area contributed by atoms with E-state index in [0.29, 0.717) is 12.1 Å². The molecule has 0 unspecified atom stereocenters. The number of nitriles is 1. The van der Waals surface area contributed by atoms with E-state index in [9.17, 15) is 4.79 Å². The zero-order valence-corrected chi connectivity index (χ0v) is 10.8. The fourth-order valence-corrected chi connectivity index (χ4v) is 1.89. The Morgan fingerprint density at radius 2 is 1.85 bits per heavy atom. The predicted octanol–water partition coefficient (Wildman–Crippen LogP) is 1.83. The molecule has 4 nitrogen and oxygen atoms in total. The average molecular weight is 266 g/mol. The first-order chi connectivity index (χ1) is 9.74. The molecule has 0 radical (unpaired) electrons. The van der Waals surface area contributed by atoms with Gasteiger partial charge < -0.3 is 10.4 Å². The molecule has 0 heterocycles. The van der Waals surface area contributed by atoms with Crippen LogP contribution in [0.2, 0.25) is 0 Å². The average Bonchev–Trinajstić information content (AvgIpc) is 2.53. The van der Waals surface area contributed by atoms with E-state index >= 15 is 0 Å². The van der Waals surface area contributed by atoms with Gasteiger partial charge in [-0.25, -0.2) is 0 Å². The lowest BCUT2D eigenvalue weighted by Gasteiger charge is -2.07. The smallest absolute Gasteiger partial charge is 0.245 e. The van der Waals surface area contributed by atoms with Crippen molar-refractivity contribution in [2.75, 3.05) is 6.61 Å². The summed E-state index contributed by atoms with van der Waals surface area (Å²) in [6.07, 6.45) is 0. The third-order valence-corrected chi connectivity index (χ3v) is 2.95. The van der Waals surface area contributed by atoms with Crippen LogP contribution in [-0.4, -0.2) is 17.6 Å². The van der Waals surface area contributed by atoms with Gasteiger partial charge in [0.25, 0.3) is 0 Å². The highest BCUT2D eigenvalue weighted by Gasteiger charge is 2.04. The van der Waals surface area contributed by atoms with Crippen molar-refractivity contribution in [1.29, 1.82) is 5.26 Å². The lowest BCUT2D eigenvalue weighted by molar-refractivity contribution is -0.123. The SMILES string of the molecule is N#Cc1ccccc1-c1ccc(CNC(=O)CO)cc1. The van der Waals surface area contributed by atoms with E-state index in [1.54, 1.807) is 6.07 Å². The minimum atomic E-state index is -0.506. The molecule has 0 fully saturated rings. The first kappa shape index (κ1) is 13.8. The number of hydrogen-bond donors (Lipinski definition) is 2. The van der Waals surface area contributed by atoms with Gasteiger partial charge in [-0.3, -0.25) is 4.79 Å². The van der Waals surface area contributed by atoms with E-state index < -0.39 is 12.5 Å². The molecule has 2 N–H and O–H groups in total. The Kier molecular flexibility index (Phi) is 4.48. The highest BCUT2D eigenvalue weighted by atomic mass is 16.3. The van der Waals surface area contributed by atoms with Crippen LogP contribution in [0.15, 0.2) is 48.5 Å². The molecule has 0 saturated carbocycles. The Balaban J connectivity index is 2.16. The van der Waals surface area contributed by atoms with Gasteiger partial charge in [0.2, 0.25) is 5.91 Å². The van der Waals surface area contributed by atoms with Crippen molar-refractivity contribution < 1.29 is 9.90 Å². The number of carbonyl (C=O) groups excluding carboxylic acids is 1. The topological polar surface area (TPSA) is 73.1 Å². The summed E-state index contributed by atoms with van der Waals surface area (Å²) in [5.74, 6) is -0.399. The molecule has 100 valence electrons. The molecule has 0 atom stereocenters. The summed E-state index contributed by atoms with van der Waals surface area (Å²) >= 11 is 0. The zero-order valence-electron chi connectivity index (χ0n) is 10.8. The fourth-order valence-electron chi connectivity index (χ4n) is 1.89. The molecule has 0 spiro atoms. The van der Waals surface area contributed by atoms with Crippen LogP contribution in [0.1, 0.15) is 11.1 Å². The minimum Gasteiger partial charge on any atom is -0.387 e. The van der Waals surface area contributed by atoms with Crippen molar-refractivity contribution in [3.05, 3.63) is 59.7 Å². The largest absolute Gasteiger partial charge is 0.387 e. The Labute approximate surface area is 117 Å². The molecular formula is C16H14N2O2. The van der Waals surface area contributed by atoms with Crippen LogP contribution in [0, 0.1) is 11.3 Å². The van der Waals surface area contributed by atoms with E-state index in [4.69, 9.17) is 10.4 Å². The van der Waals surface area contributed by atoms with Gasteiger partial charge in [-0.1, -0.05) is 42.5 Å². The molecular weight excluding hydrogens is 252 g/mol. The Morgan fingerprint density at radius 1 is 1.15 bits per heavy atom. The van der Waals surface area contributed by atoms with Crippen molar-refractivity contribution in [3.8, 4) is 17.2 Å². The fraction of sp³-hybridized carbons (Fsp3) is 0.125. The van der Waals surface area contributed by atoms with Crippen molar-refractivity contribution >= 4 is 5.91 Å². The van der Waals surface area contributed by atoms with Crippen LogP contribution < -0.4 is 5.32 Å². The number of nitrogens with zero attached hydrogens (tertiary/aromatic N) is 1. The van der Waals surface area contributed by atoms with E-state index in [-0.39, 0.29) is 0 Å². The molecule has 1 amide bonds. The second kappa shape index (κ2) is 6.50. The summed E-state index contributed by atoms with van der Waals surface area (Å²) in [4.78, 5) is 11.0. The molecule has 2 rings (SSSR count). The molecule has 0 aliphatic rings. The summed E-state index contributed by atoms with van der Waals surface area (Å²) in [5, 5.41) is 20.3. The predicted molar refractivity (Wildman–Crippen MR) is 75.5 cm³/mol. The highest BCUT2D eigenvalue weighted by Crippen LogP contribution is 2.23. The monoisotopic (exact) mass is 266 g/mol. The summed E-state index contributed by atoms with van der Waals surface area (Å²) in [6.45, 7) is -0.132. The Bertz CT molecular complexity index is 642. The van der Waals surface area contributed by atoms with Gasteiger partial charge in [0.05, 0.1) is 11.6 Å².